The van der Waals surface area contributed by atoms with Gasteiger partial charge in [-0.15, -0.1) is 0 Å². The van der Waals surface area contributed by atoms with Crippen LogP contribution in [0.2, 0.25) is 0 Å². The maximum atomic E-state index is 13.2. The first-order valence-corrected chi connectivity index (χ1v) is 11.0. The average Bonchev–Trinajstić information content (AvgIpc) is 2.79. The summed E-state index contributed by atoms with van der Waals surface area (Å²) in [7, 11) is -0.978. The van der Waals surface area contributed by atoms with Crippen molar-refractivity contribution in [1.82, 2.24) is 5.32 Å². The van der Waals surface area contributed by atoms with Gasteiger partial charge in [-0.05, 0) is 67.1 Å². The van der Waals surface area contributed by atoms with Gasteiger partial charge < -0.3 is 10.1 Å². The van der Waals surface area contributed by atoms with E-state index in [0.717, 1.165) is 9.87 Å². The Morgan fingerprint density at radius 1 is 1.03 bits per heavy atom. The Bertz CT molecular complexity index is 1160. The molecule has 0 aromatic heterocycles. The molecule has 1 N–H and O–H groups in total. The lowest BCUT2D eigenvalue weighted by Crippen LogP contribution is -2.28. The van der Waals surface area contributed by atoms with Crippen molar-refractivity contribution in [2.75, 3.05) is 18.5 Å². The number of carbonyl (C=O) groups excluding carboxylic acids is 1. The zero-order valence-corrected chi connectivity index (χ0v) is 18.2. The summed E-state index contributed by atoms with van der Waals surface area (Å²) in [6, 6.07) is 17.9. The number of hydrogen-bond acceptors (Lipinski definition) is 4. The predicted molar refractivity (Wildman–Crippen MR) is 117 cm³/mol. The maximum Gasteiger partial charge on any atom is 0.264 e. The Kier molecular flexibility index (Phi) is 6.60. The molecular weight excluding hydrogens is 419 g/mol. The SMILES string of the molecule is COc1ccc(C(C)NC(=O)c2cccc(S(=O)(=O)N(C)c3ccc(F)cc3)c2)cc1. The summed E-state index contributed by atoms with van der Waals surface area (Å²) in [4.78, 5) is 12.7. The molecule has 6 nitrogen and oxygen atoms in total. The molecule has 3 rings (SSSR count). The number of nitrogens with zero attached hydrogens (tertiary/aromatic N) is 1. The number of ether oxygens (including phenoxy) is 1. The van der Waals surface area contributed by atoms with E-state index < -0.39 is 21.7 Å². The van der Waals surface area contributed by atoms with Crippen LogP contribution in [0.4, 0.5) is 10.1 Å². The van der Waals surface area contributed by atoms with Crippen LogP contribution in [0.3, 0.4) is 0 Å². The second-order valence-corrected chi connectivity index (χ2v) is 8.91. The van der Waals surface area contributed by atoms with Gasteiger partial charge in [0.15, 0.2) is 0 Å². The number of methoxy groups -OCH3 is 1. The fourth-order valence-electron chi connectivity index (χ4n) is 3.00. The van der Waals surface area contributed by atoms with Gasteiger partial charge in [0.25, 0.3) is 15.9 Å². The second-order valence-electron chi connectivity index (χ2n) is 6.95. The van der Waals surface area contributed by atoms with Crippen LogP contribution < -0.4 is 14.4 Å². The average molecular weight is 443 g/mol. The zero-order valence-electron chi connectivity index (χ0n) is 17.4. The zero-order chi connectivity index (χ0) is 22.6. The lowest BCUT2D eigenvalue weighted by atomic mass is 10.1. The minimum Gasteiger partial charge on any atom is -0.497 e. The lowest BCUT2D eigenvalue weighted by Gasteiger charge is -2.20. The first-order chi connectivity index (χ1) is 14.7. The molecule has 0 aliphatic rings. The monoisotopic (exact) mass is 442 g/mol. The molecule has 0 fully saturated rings. The van der Waals surface area contributed by atoms with Crippen molar-refractivity contribution < 1.29 is 22.3 Å². The molecule has 162 valence electrons. The van der Waals surface area contributed by atoms with Gasteiger partial charge >= 0.3 is 0 Å². The molecular formula is C23H23FN2O4S. The number of carbonyl (C=O) groups is 1. The number of amides is 1. The van der Waals surface area contributed by atoms with E-state index in [1.54, 1.807) is 25.3 Å². The van der Waals surface area contributed by atoms with Gasteiger partial charge in [0.1, 0.15) is 11.6 Å². The normalized spacial score (nSPS) is 12.1. The summed E-state index contributed by atoms with van der Waals surface area (Å²) in [5.74, 6) is -0.144. The Labute approximate surface area is 181 Å². The van der Waals surface area contributed by atoms with Crippen LogP contribution >= 0.6 is 0 Å². The third kappa shape index (κ3) is 5.03. The van der Waals surface area contributed by atoms with E-state index >= 15 is 0 Å². The topological polar surface area (TPSA) is 75.7 Å². The third-order valence-corrected chi connectivity index (χ3v) is 6.69. The van der Waals surface area contributed by atoms with Crippen LogP contribution in [0.25, 0.3) is 0 Å². The number of rotatable bonds is 7. The minimum absolute atomic E-state index is 0.0379. The first kappa shape index (κ1) is 22.3. The summed E-state index contributed by atoms with van der Waals surface area (Å²) in [6.07, 6.45) is 0. The number of hydrogen-bond donors (Lipinski definition) is 1. The number of nitrogens with one attached hydrogen (secondary N) is 1. The van der Waals surface area contributed by atoms with E-state index in [9.17, 15) is 17.6 Å². The van der Waals surface area contributed by atoms with Crippen molar-refractivity contribution in [2.45, 2.75) is 17.9 Å². The van der Waals surface area contributed by atoms with Crippen LogP contribution in [0.15, 0.2) is 77.7 Å². The molecule has 31 heavy (non-hydrogen) atoms. The van der Waals surface area contributed by atoms with Crippen molar-refractivity contribution in [3.8, 4) is 5.75 Å². The molecule has 0 radical (unpaired) electrons. The molecule has 0 spiro atoms. The summed E-state index contributed by atoms with van der Waals surface area (Å²) < 4.78 is 45.3. The highest BCUT2D eigenvalue weighted by molar-refractivity contribution is 7.92. The maximum absolute atomic E-state index is 13.2. The van der Waals surface area contributed by atoms with Gasteiger partial charge in [0.05, 0.1) is 23.7 Å². The molecule has 0 heterocycles. The van der Waals surface area contributed by atoms with Gasteiger partial charge in [-0.3, -0.25) is 9.10 Å². The number of anilines is 1. The van der Waals surface area contributed by atoms with Gasteiger partial charge in [-0.25, -0.2) is 12.8 Å². The van der Waals surface area contributed by atoms with Crippen molar-refractivity contribution in [2.24, 2.45) is 0 Å². The summed E-state index contributed by atoms with van der Waals surface area (Å²) in [5, 5.41) is 2.87. The van der Waals surface area contributed by atoms with Crippen molar-refractivity contribution in [3.05, 3.63) is 89.7 Å². The van der Waals surface area contributed by atoms with Crippen molar-refractivity contribution in [1.29, 1.82) is 0 Å². The highest BCUT2D eigenvalue weighted by Gasteiger charge is 2.23. The lowest BCUT2D eigenvalue weighted by molar-refractivity contribution is 0.0939. The Morgan fingerprint density at radius 2 is 1.68 bits per heavy atom. The van der Waals surface area contributed by atoms with Gasteiger partial charge in [-0.1, -0.05) is 18.2 Å². The summed E-state index contributed by atoms with van der Waals surface area (Å²) >= 11 is 0. The van der Waals surface area contributed by atoms with Crippen LogP contribution in [0.5, 0.6) is 5.75 Å². The van der Waals surface area contributed by atoms with Crippen LogP contribution in [0.1, 0.15) is 28.9 Å². The largest absolute Gasteiger partial charge is 0.497 e. The third-order valence-electron chi connectivity index (χ3n) is 4.91. The molecule has 1 amide bonds. The molecule has 1 atom stereocenters. The fraction of sp³-hybridized carbons (Fsp3) is 0.174. The van der Waals surface area contributed by atoms with E-state index in [4.69, 9.17) is 4.74 Å². The predicted octanol–water partition coefficient (Wildman–Crippen LogP) is 4.15. The number of halogens is 1. The van der Waals surface area contributed by atoms with E-state index in [-0.39, 0.29) is 16.5 Å². The molecule has 0 bridgehead atoms. The van der Waals surface area contributed by atoms with E-state index in [0.29, 0.717) is 11.4 Å². The van der Waals surface area contributed by atoms with Crippen LogP contribution in [-0.2, 0) is 10.0 Å². The van der Waals surface area contributed by atoms with Gasteiger partial charge in [0.2, 0.25) is 0 Å². The van der Waals surface area contributed by atoms with Crippen molar-refractivity contribution >= 4 is 21.6 Å². The Hall–Kier alpha value is -3.39. The molecule has 0 aliphatic heterocycles. The smallest absolute Gasteiger partial charge is 0.264 e. The minimum atomic E-state index is -3.93. The quantitative estimate of drug-likeness (QED) is 0.596. The highest BCUT2D eigenvalue weighted by Crippen LogP contribution is 2.23. The van der Waals surface area contributed by atoms with Gasteiger partial charge in [0, 0.05) is 12.6 Å². The Morgan fingerprint density at radius 3 is 2.29 bits per heavy atom. The van der Waals surface area contributed by atoms with E-state index in [1.165, 1.54) is 49.5 Å². The van der Waals surface area contributed by atoms with Crippen molar-refractivity contribution in [3.63, 3.8) is 0 Å². The molecule has 3 aromatic carbocycles. The number of sulfonamides is 1. The standard InChI is InChI=1S/C23H23FN2O4S/c1-16(17-7-13-21(30-3)14-8-17)25-23(27)18-5-4-6-22(15-18)31(28,29)26(2)20-11-9-19(24)10-12-20/h4-16H,1-3H3,(H,25,27). The molecule has 3 aromatic rings. The van der Waals surface area contributed by atoms with E-state index in [2.05, 4.69) is 5.32 Å². The van der Waals surface area contributed by atoms with Crippen LogP contribution in [-0.4, -0.2) is 28.5 Å². The number of benzene rings is 3. The fourth-order valence-corrected chi connectivity index (χ4v) is 4.24. The van der Waals surface area contributed by atoms with Crippen LogP contribution in [0, 0.1) is 5.82 Å². The molecule has 0 saturated heterocycles. The molecule has 8 heteroatoms. The van der Waals surface area contributed by atoms with E-state index in [1.807, 2.05) is 19.1 Å². The summed E-state index contributed by atoms with van der Waals surface area (Å²) in [6.45, 7) is 1.84. The Balaban J connectivity index is 1.79. The first-order valence-electron chi connectivity index (χ1n) is 9.52. The molecule has 0 aliphatic carbocycles. The molecule has 1 unspecified atom stereocenters. The molecule has 0 saturated carbocycles. The van der Waals surface area contributed by atoms with Gasteiger partial charge in [-0.2, -0.15) is 0 Å². The second kappa shape index (κ2) is 9.18. The summed E-state index contributed by atoms with van der Waals surface area (Å²) in [5.41, 5.74) is 1.41. The highest BCUT2D eigenvalue weighted by atomic mass is 32.2.